The molecule has 1 heterocycles. The number of nitrogens with one attached hydrogen (secondary N) is 2. The molecule has 96 valence electrons. The molecule has 0 spiro atoms. The molecule has 0 saturated carbocycles. The summed E-state index contributed by atoms with van der Waals surface area (Å²) in [5.41, 5.74) is 5.47. The van der Waals surface area contributed by atoms with Gasteiger partial charge in [0.2, 0.25) is 5.91 Å². The summed E-state index contributed by atoms with van der Waals surface area (Å²) in [6.07, 6.45) is 0. The normalized spacial score (nSPS) is 11.4. The molecule has 0 aliphatic rings. The number of amides is 2. The zero-order chi connectivity index (χ0) is 12.1. The van der Waals surface area contributed by atoms with Gasteiger partial charge in [-0.15, -0.1) is 23.7 Å². The highest BCUT2D eigenvalue weighted by atomic mass is 35.5. The maximum absolute atomic E-state index is 11.6. The Hall–Kier alpha value is -1.11. The molecule has 4 N–H and O–H groups in total. The van der Waals surface area contributed by atoms with Crippen molar-refractivity contribution in [2.45, 2.75) is 13.0 Å². The zero-order valence-electron chi connectivity index (χ0n) is 9.65. The van der Waals surface area contributed by atoms with Crippen LogP contribution in [0.4, 0.5) is 0 Å². The monoisotopic (exact) mass is 277 g/mol. The van der Waals surface area contributed by atoms with Crippen molar-refractivity contribution >= 4 is 35.6 Å². The van der Waals surface area contributed by atoms with Crippen LogP contribution < -0.4 is 16.4 Å². The third-order valence-electron chi connectivity index (χ3n) is 2.17. The summed E-state index contributed by atoms with van der Waals surface area (Å²) < 4.78 is 0. The molecule has 1 unspecified atom stereocenters. The zero-order valence-corrected chi connectivity index (χ0v) is 11.3. The molecule has 0 radical (unpaired) electrons. The molecule has 0 aliphatic carbocycles. The van der Waals surface area contributed by atoms with Crippen molar-refractivity contribution in [3.05, 3.63) is 21.9 Å². The van der Waals surface area contributed by atoms with E-state index in [0.717, 1.165) is 0 Å². The van der Waals surface area contributed by atoms with Gasteiger partial charge in [0.05, 0.1) is 10.4 Å². The van der Waals surface area contributed by atoms with Gasteiger partial charge in [0.1, 0.15) is 0 Å². The van der Waals surface area contributed by atoms with E-state index in [1.54, 1.807) is 5.38 Å². The van der Waals surface area contributed by atoms with Gasteiger partial charge in [0, 0.05) is 18.0 Å². The third kappa shape index (κ3) is 4.72. The fourth-order valence-corrected chi connectivity index (χ4v) is 1.83. The van der Waals surface area contributed by atoms with Gasteiger partial charge in [0.15, 0.2) is 0 Å². The number of thiophene rings is 1. The van der Waals surface area contributed by atoms with Crippen LogP contribution in [0.3, 0.4) is 0 Å². The second-order valence-corrected chi connectivity index (χ2v) is 4.37. The molecule has 1 aromatic rings. The Balaban J connectivity index is 0.00000256. The number of hydrogen-bond acceptors (Lipinski definition) is 4. The number of hydrogen-bond donors (Lipinski definition) is 3. The highest BCUT2D eigenvalue weighted by Crippen LogP contribution is 2.13. The van der Waals surface area contributed by atoms with Gasteiger partial charge < -0.3 is 16.4 Å². The van der Waals surface area contributed by atoms with Crippen molar-refractivity contribution in [2.75, 3.05) is 13.6 Å². The highest BCUT2D eigenvalue weighted by Gasteiger charge is 2.11. The van der Waals surface area contributed by atoms with E-state index in [1.807, 2.05) is 14.0 Å². The number of carbonyl (C=O) groups excluding carboxylic acids is 2. The second kappa shape index (κ2) is 7.26. The summed E-state index contributed by atoms with van der Waals surface area (Å²) in [5.74, 6) is -0.696. The van der Waals surface area contributed by atoms with Crippen molar-refractivity contribution in [1.29, 1.82) is 0 Å². The Morgan fingerprint density at radius 1 is 1.53 bits per heavy atom. The van der Waals surface area contributed by atoms with E-state index in [9.17, 15) is 9.59 Å². The van der Waals surface area contributed by atoms with Crippen molar-refractivity contribution in [1.82, 2.24) is 10.6 Å². The molecular weight excluding hydrogens is 262 g/mol. The first kappa shape index (κ1) is 15.9. The standard InChI is InChI=1S/C10H15N3O2S.ClH/c1-6(12-2)4-13-10(15)8-3-7(5-16-8)9(11)14;/h3,5-6,12H,4H2,1-2H3,(H2,11,14)(H,13,15);1H. The Kier molecular flexibility index (Phi) is 6.79. The van der Waals surface area contributed by atoms with Crippen LogP contribution in [0.25, 0.3) is 0 Å². The van der Waals surface area contributed by atoms with Crippen molar-refractivity contribution in [3.63, 3.8) is 0 Å². The molecule has 1 aromatic heterocycles. The topological polar surface area (TPSA) is 84.2 Å². The van der Waals surface area contributed by atoms with E-state index in [0.29, 0.717) is 17.0 Å². The van der Waals surface area contributed by atoms with Crippen LogP contribution in [-0.4, -0.2) is 31.4 Å². The van der Waals surface area contributed by atoms with E-state index in [1.165, 1.54) is 17.4 Å². The highest BCUT2D eigenvalue weighted by molar-refractivity contribution is 7.12. The summed E-state index contributed by atoms with van der Waals surface area (Å²) in [4.78, 5) is 23.0. The van der Waals surface area contributed by atoms with Gasteiger partial charge in [-0.2, -0.15) is 0 Å². The Bertz CT molecular complexity index is 395. The molecule has 0 bridgehead atoms. The summed E-state index contributed by atoms with van der Waals surface area (Å²) in [7, 11) is 1.83. The van der Waals surface area contributed by atoms with E-state index in [4.69, 9.17) is 5.73 Å². The number of halogens is 1. The Labute approximate surface area is 110 Å². The fraction of sp³-hybridized carbons (Fsp3) is 0.400. The molecule has 17 heavy (non-hydrogen) atoms. The number of likely N-dealkylation sites (N-methyl/N-ethyl adjacent to an activating group) is 1. The lowest BCUT2D eigenvalue weighted by molar-refractivity contribution is 0.0954. The Morgan fingerprint density at radius 3 is 2.65 bits per heavy atom. The second-order valence-electron chi connectivity index (χ2n) is 3.46. The van der Waals surface area contributed by atoms with Crippen LogP contribution >= 0.6 is 23.7 Å². The first-order valence-electron chi connectivity index (χ1n) is 4.88. The Morgan fingerprint density at radius 2 is 2.18 bits per heavy atom. The van der Waals surface area contributed by atoms with Gasteiger partial charge in [-0.05, 0) is 20.0 Å². The lowest BCUT2D eigenvalue weighted by Crippen LogP contribution is -2.36. The van der Waals surface area contributed by atoms with Crippen molar-refractivity contribution in [2.24, 2.45) is 5.73 Å². The van der Waals surface area contributed by atoms with Gasteiger partial charge in [-0.25, -0.2) is 0 Å². The maximum atomic E-state index is 11.6. The SMILES string of the molecule is CNC(C)CNC(=O)c1cc(C(N)=O)cs1.Cl. The number of nitrogens with two attached hydrogens (primary N) is 1. The molecule has 1 rings (SSSR count). The molecule has 1 atom stereocenters. The quantitative estimate of drug-likeness (QED) is 0.737. The average molecular weight is 278 g/mol. The molecular formula is C10H16ClN3O2S. The molecule has 0 aromatic carbocycles. The predicted octanol–water partition coefficient (Wildman–Crippen LogP) is 0.607. The average Bonchev–Trinajstić information content (AvgIpc) is 2.74. The lowest BCUT2D eigenvalue weighted by Gasteiger charge is -2.10. The lowest BCUT2D eigenvalue weighted by atomic mass is 10.3. The van der Waals surface area contributed by atoms with Crippen LogP contribution in [0.2, 0.25) is 0 Å². The molecule has 0 fully saturated rings. The van der Waals surface area contributed by atoms with Gasteiger partial charge in [-0.3, -0.25) is 9.59 Å². The largest absolute Gasteiger partial charge is 0.366 e. The summed E-state index contributed by atoms with van der Waals surface area (Å²) in [6.45, 7) is 2.50. The maximum Gasteiger partial charge on any atom is 0.261 e. The van der Waals surface area contributed by atoms with Crippen LogP contribution in [0.5, 0.6) is 0 Å². The third-order valence-corrected chi connectivity index (χ3v) is 3.10. The minimum absolute atomic E-state index is 0. The molecule has 5 nitrogen and oxygen atoms in total. The molecule has 0 aliphatic heterocycles. The molecule has 7 heteroatoms. The number of rotatable bonds is 5. The number of carbonyl (C=O) groups is 2. The summed E-state index contributed by atoms with van der Waals surface area (Å²) >= 11 is 1.21. The fourth-order valence-electron chi connectivity index (χ4n) is 1.02. The van der Waals surface area contributed by atoms with Crippen LogP contribution in [0.15, 0.2) is 11.4 Å². The number of primary amides is 1. The van der Waals surface area contributed by atoms with E-state index in [2.05, 4.69) is 10.6 Å². The van der Waals surface area contributed by atoms with E-state index >= 15 is 0 Å². The van der Waals surface area contributed by atoms with E-state index < -0.39 is 5.91 Å². The first-order chi connectivity index (χ1) is 7.54. The minimum atomic E-state index is -0.515. The van der Waals surface area contributed by atoms with Crippen molar-refractivity contribution in [3.8, 4) is 0 Å². The van der Waals surface area contributed by atoms with Crippen LogP contribution in [0, 0.1) is 0 Å². The molecule has 2 amide bonds. The summed E-state index contributed by atoms with van der Waals surface area (Å²) in [5, 5.41) is 7.35. The predicted molar refractivity (Wildman–Crippen MR) is 70.9 cm³/mol. The van der Waals surface area contributed by atoms with Crippen LogP contribution in [-0.2, 0) is 0 Å². The summed E-state index contributed by atoms with van der Waals surface area (Å²) in [6, 6.07) is 1.71. The molecule has 0 saturated heterocycles. The smallest absolute Gasteiger partial charge is 0.261 e. The van der Waals surface area contributed by atoms with Gasteiger partial charge in [-0.1, -0.05) is 0 Å². The van der Waals surface area contributed by atoms with Crippen molar-refractivity contribution < 1.29 is 9.59 Å². The minimum Gasteiger partial charge on any atom is -0.366 e. The first-order valence-corrected chi connectivity index (χ1v) is 5.76. The van der Waals surface area contributed by atoms with Gasteiger partial charge >= 0.3 is 0 Å². The van der Waals surface area contributed by atoms with Gasteiger partial charge in [0.25, 0.3) is 5.91 Å². The van der Waals surface area contributed by atoms with Crippen LogP contribution in [0.1, 0.15) is 27.0 Å². The van der Waals surface area contributed by atoms with E-state index in [-0.39, 0.29) is 24.4 Å².